The van der Waals surface area contributed by atoms with Crippen LogP contribution < -0.4 is 4.90 Å². The minimum Gasteiger partial charge on any atom is -0.353 e. The lowest BCUT2D eigenvalue weighted by molar-refractivity contribution is 0.211. The lowest BCUT2D eigenvalue weighted by Gasteiger charge is -2.37. The molecule has 0 spiro atoms. The first-order valence-electron chi connectivity index (χ1n) is 8.97. The molecular weight excluding hydrogens is 301 g/mol. The van der Waals surface area contributed by atoms with Crippen molar-refractivity contribution in [2.45, 2.75) is 31.7 Å². The SMILES string of the molecule is Fc1ccc(CCN2CCC(N3CCc4cccnc43)CC2)cc1. The number of aromatic nitrogens is 1. The van der Waals surface area contributed by atoms with Crippen molar-refractivity contribution in [1.29, 1.82) is 0 Å². The van der Waals surface area contributed by atoms with Crippen molar-refractivity contribution < 1.29 is 4.39 Å². The average Bonchev–Trinajstić information content (AvgIpc) is 3.06. The van der Waals surface area contributed by atoms with Gasteiger partial charge in [-0.1, -0.05) is 18.2 Å². The van der Waals surface area contributed by atoms with E-state index in [9.17, 15) is 4.39 Å². The van der Waals surface area contributed by atoms with Gasteiger partial charge >= 0.3 is 0 Å². The number of anilines is 1. The third-order valence-corrected chi connectivity index (χ3v) is 5.39. The summed E-state index contributed by atoms with van der Waals surface area (Å²) in [5, 5.41) is 0. The maximum Gasteiger partial charge on any atom is 0.132 e. The summed E-state index contributed by atoms with van der Waals surface area (Å²) in [5.41, 5.74) is 2.62. The molecule has 3 heterocycles. The van der Waals surface area contributed by atoms with Gasteiger partial charge in [-0.2, -0.15) is 0 Å². The Hall–Kier alpha value is -1.94. The molecule has 2 aromatic rings. The molecule has 0 saturated carbocycles. The van der Waals surface area contributed by atoms with E-state index in [1.165, 1.54) is 29.8 Å². The topological polar surface area (TPSA) is 19.4 Å². The molecule has 0 radical (unpaired) electrons. The van der Waals surface area contributed by atoms with Gasteiger partial charge in [0.2, 0.25) is 0 Å². The molecule has 0 N–H and O–H groups in total. The van der Waals surface area contributed by atoms with Crippen molar-refractivity contribution in [3.05, 3.63) is 59.5 Å². The number of benzene rings is 1. The van der Waals surface area contributed by atoms with E-state index in [0.717, 1.165) is 39.0 Å². The Balaban J connectivity index is 1.29. The molecule has 3 nitrogen and oxygen atoms in total. The van der Waals surface area contributed by atoms with E-state index in [2.05, 4.69) is 20.9 Å². The van der Waals surface area contributed by atoms with Gasteiger partial charge in [0.15, 0.2) is 0 Å². The Labute approximate surface area is 143 Å². The summed E-state index contributed by atoms with van der Waals surface area (Å²) in [6.45, 7) is 4.47. The zero-order valence-corrected chi connectivity index (χ0v) is 14.0. The number of piperidine rings is 1. The lowest BCUT2D eigenvalue weighted by Crippen LogP contribution is -2.45. The molecule has 0 atom stereocenters. The van der Waals surface area contributed by atoms with Crippen LogP contribution in [0.4, 0.5) is 10.2 Å². The van der Waals surface area contributed by atoms with Crippen molar-refractivity contribution in [3.8, 4) is 0 Å². The number of hydrogen-bond acceptors (Lipinski definition) is 3. The third-order valence-electron chi connectivity index (χ3n) is 5.39. The molecular formula is C20H24FN3. The molecule has 24 heavy (non-hydrogen) atoms. The van der Waals surface area contributed by atoms with E-state index in [-0.39, 0.29) is 5.82 Å². The van der Waals surface area contributed by atoms with Crippen molar-refractivity contribution in [1.82, 2.24) is 9.88 Å². The molecule has 1 aromatic heterocycles. The Morgan fingerprint density at radius 3 is 2.62 bits per heavy atom. The van der Waals surface area contributed by atoms with Gasteiger partial charge in [-0.05, 0) is 55.0 Å². The second-order valence-corrected chi connectivity index (χ2v) is 6.88. The highest BCUT2D eigenvalue weighted by Gasteiger charge is 2.29. The average molecular weight is 325 g/mol. The van der Waals surface area contributed by atoms with Gasteiger partial charge in [-0.15, -0.1) is 0 Å². The van der Waals surface area contributed by atoms with Crippen LogP contribution in [0.1, 0.15) is 24.0 Å². The predicted molar refractivity (Wildman–Crippen MR) is 94.9 cm³/mol. The van der Waals surface area contributed by atoms with E-state index in [4.69, 9.17) is 0 Å². The molecule has 126 valence electrons. The van der Waals surface area contributed by atoms with E-state index in [1.807, 2.05) is 24.4 Å². The number of hydrogen-bond donors (Lipinski definition) is 0. The largest absolute Gasteiger partial charge is 0.353 e. The van der Waals surface area contributed by atoms with Crippen LogP contribution in [0.2, 0.25) is 0 Å². The summed E-state index contributed by atoms with van der Waals surface area (Å²) in [4.78, 5) is 9.66. The third kappa shape index (κ3) is 3.29. The monoisotopic (exact) mass is 325 g/mol. The van der Waals surface area contributed by atoms with Gasteiger partial charge in [0.1, 0.15) is 11.6 Å². The van der Waals surface area contributed by atoms with Gasteiger partial charge < -0.3 is 9.80 Å². The molecule has 0 amide bonds. The van der Waals surface area contributed by atoms with Crippen LogP contribution in [-0.2, 0) is 12.8 Å². The van der Waals surface area contributed by atoms with Crippen molar-refractivity contribution >= 4 is 5.82 Å². The zero-order chi connectivity index (χ0) is 16.4. The maximum absolute atomic E-state index is 13.0. The van der Waals surface area contributed by atoms with Crippen LogP contribution in [0.15, 0.2) is 42.6 Å². The molecule has 0 unspecified atom stereocenters. The fourth-order valence-corrected chi connectivity index (χ4v) is 3.98. The second-order valence-electron chi connectivity index (χ2n) is 6.88. The number of halogens is 1. The quantitative estimate of drug-likeness (QED) is 0.860. The van der Waals surface area contributed by atoms with Gasteiger partial charge in [0.05, 0.1) is 0 Å². The van der Waals surface area contributed by atoms with E-state index < -0.39 is 0 Å². The second kappa shape index (κ2) is 6.89. The Bertz CT molecular complexity index is 678. The van der Waals surface area contributed by atoms with Crippen LogP contribution in [0, 0.1) is 5.82 Å². The van der Waals surface area contributed by atoms with E-state index in [1.54, 1.807) is 12.1 Å². The van der Waals surface area contributed by atoms with Gasteiger partial charge in [0.25, 0.3) is 0 Å². The number of pyridine rings is 1. The van der Waals surface area contributed by atoms with Crippen molar-refractivity contribution in [2.75, 3.05) is 31.1 Å². The summed E-state index contributed by atoms with van der Waals surface area (Å²) >= 11 is 0. The highest BCUT2D eigenvalue weighted by Crippen LogP contribution is 2.30. The van der Waals surface area contributed by atoms with Crippen molar-refractivity contribution in [2.24, 2.45) is 0 Å². The summed E-state index contributed by atoms with van der Waals surface area (Å²) in [6, 6.07) is 11.8. The van der Waals surface area contributed by atoms with Gasteiger partial charge in [0, 0.05) is 38.4 Å². The first-order valence-corrected chi connectivity index (χ1v) is 8.97. The number of fused-ring (bicyclic) bond motifs is 1. The van der Waals surface area contributed by atoms with Crippen LogP contribution in [-0.4, -0.2) is 42.1 Å². The molecule has 2 aliphatic heterocycles. The van der Waals surface area contributed by atoms with Crippen LogP contribution in [0.25, 0.3) is 0 Å². The summed E-state index contributed by atoms with van der Waals surface area (Å²) in [5.74, 6) is 1.06. The molecule has 1 aromatic carbocycles. The Morgan fingerprint density at radius 1 is 1.04 bits per heavy atom. The molecule has 1 saturated heterocycles. The maximum atomic E-state index is 13.0. The highest BCUT2D eigenvalue weighted by atomic mass is 19.1. The standard InChI is InChI=1S/C20H24FN3/c21-18-5-3-16(4-6-18)7-12-23-13-9-19(10-14-23)24-15-8-17-2-1-11-22-20(17)24/h1-6,11,19H,7-10,12-15H2. The fourth-order valence-electron chi connectivity index (χ4n) is 3.98. The Kier molecular flexibility index (Phi) is 4.48. The van der Waals surface area contributed by atoms with E-state index >= 15 is 0 Å². The number of likely N-dealkylation sites (tertiary alicyclic amines) is 1. The number of rotatable bonds is 4. The van der Waals surface area contributed by atoms with Crippen LogP contribution >= 0.6 is 0 Å². The smallest absolute Gasteiger partial charge is 0.132 e. The fraction of sp³-hybridized carbons (Fsp3) is 0.450. The minimum absolute atomic E-state index is 0.154. The summed E-state index contributed by atoms with van der Waals surface area (Å²) in [6.07, 6.45) is 6.46. The summed E-state index contributed by atoms with van der Waals surface area (Å²) < 4.78 is 13.0. The zero-order valence-electron chi connectivity index (χ0n) is 14.0. The molecule has 0 aliphatic carbocycles. The predicted octanol–water partition coefficient (Wildman–Crippen LogP) is 3.29. The first-order chi connectivity index (χ1) is 11.8. The molecule has 0 bridgehead atoms. The molecule has 1 fully saturated rings. The van der Waals surface area contributed by atoms with Crippen molar-refractivity contribution in [3.63, 3.8) is 0 Å². The van der Waals surface area contributed by atoms with Crippen LogP contribution in [0.3, 0.4) is 0 Å². The highest BCUT2D eigenvalue weighted by molar-refractivity contribution is 5.52. The number of nitrogens with zero attached hydrogens (tertiary/aromatic N) is 3. The molecule has 4 rings (SSSR count). The van der Waals surface area contributed by atoms with Gasteiger partial charge in [-0.25, -0.2) is 9.37 Å². The Morgan fingerprint density at radius 2 is 1.83 bits per heavy atom. The van der Waals surface area contributed by atoms with E-state index in [0.29, 0.717) is 6.04 Å². The van der Waals surface area contributed by atoms with Gasteiger partial charge in [-0.3, -0.25) is 0 Å². The van der Waals surface area contributed by atoms with Crippen LogP contribution in [0.5, 0.6) is 0 Å². The first kappa shape index (κ1) is 15.6. The minimum atomic E-state index is -0.154. The lowest BCUT2D eigenvalue weighted by atomic mass is 10.0. The molecule has 2 aliphatic rings. The molecule has 4 heteroatoms. The summed E-state index contributed by atoms with van der Waals surface area (Å²) in [7, 11) is 0. The normalized spacial score (nSPS) is 18.8.